The standard InChI is InChI=1S/C9H13NO3S/c1-6(11)7-3-4-9(8(10)5-7)14(2,12)13/h3-6,11H,10H2,1-2H3/t6-/m0/s1. The van der Waals surface area contributed by atoms with E-state index in [9.17, 15) is 13.5 Å². The highest BCUT2D eigenvalue weighted by atomic mass is 32.2. The number of hydrogen-bond acceptors (Lipinski definition) is 4. The van der Waals surface area contributed by atoms with Gasteiger partial charge < -0.3 is 10.8 Å². The molecule has 1 atom stereocenters. The van der Waals surface area contributed by atoms with Crippen LogP contribution in [-0.2, 0) is 9.84 Å². The molecule has 0 aromatic heterocycles. The molecule has 1 aromatic rings. The topological polar surface area (TPSA) is 80.4 Å². The van der Waals surface area contributed by atoms with E-state index < -0.39 is 15.9 Å². The number of sulfone groups is 1. The number of anilines is 1. The molecule has 0 heterocycles. The van der Waals surface area contributed by atoms with Crippen molar-refractivity contribution in [2.24, 2.45) is 0 Å². The van der Waals surface area contributed by atoms with E-state index in [0.29, 0.717) is 5.56 Å². The van der Waals surface area contributed by atoms with Crippen molar-refractivity contribution in [2.75, 3.05) is 12.0 Å². The fourth-order valence-electron chi connectivity index (χ4n) is 1.16. The maximum atomic E-state index is 11.2. The SMILES string of the molecule is C[C@H](O)c1ccc(S(C)(=O)=O)c(N)c1. The molecular formula is C9H13NO3S. The summed E-state index contributed by atoms with van der Waals surface area (Å²) in [6.45, 7) is 1.59. The van der Waals surface area contributed by atoms with Crippen molar-refractivity contribution in [1.29, 1.82) is 0 Å². The van der Waals surface area contributed by atoms with Gasteiger partial charge in [-0.25, -0.2) is 8.42 Å². The van der Waals surface area contributed by atoms with Crippen molar-refractivity contribution in [3.05, 3.63) is 23.8 Å². The summed E-state index contributed by atoms with van der Waals surface area (Å²) in [5, 5.41) is 9.24. The van der Waals surface area contributed by atoms with E-state index in [4.69, 9.17) is 5.73 Å². The summed E-state index contributed by atoms with van der Waals surface area (Å²) >= 11 is 0. The summed E-state index contributed by atoms with van der Waals surface area (Å²) in [5.74, 6) is 0. The molecule has 1 rings (SSSR count). The number of nitrogen functional groups attached to an aromatic ring is 1. The summed E-state index contributed by atoms with van der Waals surface area (Å²) < 4.78 is 22.4. The third-order valence-electron chi connectivity index (χ3n) is 1.92. The summed E-state index contributed by atoms with van der Waals surface area (Å²) in [6, 6.07) is 4.44. The summed E-state index contributed by atoms with van der Waals surface area (Å²) in [4.78, 5) is 0.0990. The first-order chi connectivity index (χ1) is 6.32. The number of benzene rings is 1. The second kappa shape index (κ2) is 3.59. The molecule has 0 amide bonds. The number of hydrogen-bond donors (Lipinski definition) is 2. The first-order valence-electron chi connectivity index (χ1n) is 4.10. The molecule has 14 heavy (non-hydrogen) atoms. The van der Waals surface area contributed by atoms with Crippen molar-refractivity contribution in [3.8, 4) is 0 Å². The Balaban J connectivity index is 3.28. The second-order valence-corrected chi connectivity index (χ2v) is 5.23. The van der Waals surface area contributed by atoms with E-state index in [0.717, 1.165) is 6.26 Å². The Kier molecular flexibility index (Phi) is 2.82. The first kappa shape index (κ1) is 11.0. The quantitative estimate of drug-likeness (QED) is 0.712. The molecule has 0 aliphatic carbocycles. The van der Waals surface area contributed by atoms with Crippen molar-refractivity contribution in [3.63, 3.8) is 0 Å². The predicted molar refractivity (Wildman–Crippen MR) is 54.6 cm³/mol. The molecule has 0 unspecified atom stereocenters. The van der Waals surface area contributed by atoms with E-state index in [1.165, 1.54) is 12.1 Å². The zero-order valence-corrected chi connectivity index (χ0v) is 8.88. The molecule has 0 fully saturated rings. The third-order valence-corrected chi connectivity index (χ3v) is 3.09. The van der Waals surface area contributed by atoms with Gasteiger partial charge in [-0.15, -0.1) is 0 Å². The normalized spacial score (nSPS) is 13.9. The van der Waals surface area contributed by atoms with Gasteiger partial charge in [0.15, 0.2) is 9.84 Å². The van der Waals surface area contributed by atoms with Gasteiger partial charge in [0.2, 0.25) is 0 Å². The average Bonchev–Trinajstić information content (AvgIpc) is 2.01. The lowest BCUT2D eigenvalue weighted by molar-refractivity contribution is 0.199. The Morgan fingerprint density at radius 1 is 1.43 bits per heavy atom. The molecule has 78 valence electrons. The van der Waals surface area contributed by atoms with Crippen molar-refractivity contribution in [2.45, 2.75) is 17.9 Å². The molecule has 0 bridgehead atoms. The third kappa shape index (κ3) is 2.24. The van der Waals surface area contributed by atoms with Crippen LogP contribution in [0.4, 0.5) is 5.69 Å². The summed E-state index contributed by atoms with van der Waals surface area (Å²) in [7, 11) is -3.28. The highest BCUT2D eigenvalue weighted by molar-refractivity contribution is 7.90. The molecule has 1 aromatic carbocycles. The molecule has 0 spiro atoms. The minimum absolute atomic E-state index is 0.0990. The van der Waals surface area contributed by atoms with Crippen LogP contribution in [0.1, 0.15) is 18.6 Å². The van der Waals surface area contributed by atoms with E-state index in [1.54, 1.807) is 13.0 Å². The molecule has 0 radical (unpaired) electrons. The Morgan fingerprint density at radius 2 is 2.00 bits per heavy atom. The Bertz CT molecular complexity index is 437. The maximum absolute atomic E-state index is 11.2. The van der Waals surface area contributed by atoms with Gasteiger partial charge in [0.25, 0.3) is 0 Å². The molecule has 5 heteroatoms. The second-order valence-electron chi connectivity index (χ2n) is 3.25. The number of aliphatic hydroxyl groups excluding tert-OH is 1. The lowest BCUT2D eigenvalue weighted by atomic mass is 10.1. The smallest absolute Gasteiger partial charge is 0.177 e. The Labute approximate surface area is 83.3 Å². The van der Waals surface area contributed by atoms with Gasteiger partial charge in [-0.2, -0.15) is 0 Å². The van der Waals surface area contributed by atoms with Crippen LogP contribution in [0.2, 0.25) is 0 Å². The predicted octanol–water partition coefficient (Wildman–Crippen LogP) is 0.726. The lowest BCUT2D eigenvalue weighted by Crippen LogP contribution is -2.03. The zero-order chi connectivity index (χ0) is 10.9. The Morgan fingerprint density at radius 3 is 2.36 bits per heavy atom. The molecule has 0 aliphatic rings. The minimum Gasteiger partial charge on any atom is -0.398 e. The largest absolute Gasteiger partial charge is 0.398 e. The minimum atomic E-state index is -3.28. The Hall–Kier alpha value is -1.07. The molecule has 0 saturated heterocycles. The maximum Gasteiger partial charge on any atom is 0.177 e. The van der Waals surface area contributed by atoms with E-state index >= 15 is 0 Å². The molecule has 0 aliphatic heterocycles. The van der Waals surface area contributed by atoms with E-state index in [1.807, 2.05) is 0 Å². The van der Waals surface area contributed by atoms with Crippen LogP contribution >= 0.6 is 0 Å². The van der Waals surface area contributed by atoms with Crippen LogP contribution in [0, 0.1) is 0 Å². The van der Waals surface area contributed by atoms with Crippen molar-refractivity contribution >= 4 is 15.5 Å². The van der Waals surface area contributed by atoms with Crippen LogP contribution in [0.5, 0.6) is 0 Å². The number of aliphatic hydroxyl groups is 1. The molecule has 0 saturated carbocycles. The van der Waals surface area contributed by atoms with Gasteiger partial charge >= 0.3 is 0 Å². The van der Waals surface area contributed by atoms with E-state index in [-0.39, 0.29) is 10.6 Å². The highest BCUT2D eigenvalue weighted by Crippen LogP contribution is 2.22. The van der Waals surface area contributed by atoms with Crippen molar-refractivity contribution in [1.82, 2.24) is 0 Å². The fraction of sp³-hybridized carbons (Fsp3) is 0.333. The van der Waals surface area contributed by atoms with Gasteiger partial charge in [0, 0.05) is 6.26 Å². The van der Waals surface area contributed by atoms with Crippen LogP contribution in [0.3, 0.4) is 0 Å². The van der Waals surface area contributed by atoms with Gasteiger partial charge in [0.1, 0.15) is 0 Å². The van der Waals surface area contributed by atoms with Crippen LogP contribution in [0.25, 0.3) is 0 Å². The zero-order valence-electron chi connectivity index (χ0n) is 8.06. The fourth-order valence-corrected chi connectivity index (χ4v) is 1.97. The van der Waals surface area contributed by atoms with Gasteiger partial charge in [-0.3, -0.25) is 0 Å². The van der Waals surface area contributed by atoms with Crippen LogP contribution < -0.4 is 5.73 Å². The number of nitrogens with two attached hydrogens (primary N) is 1. The molecule has 4 nitrogen and oxygen atoms in total. The number of rotatable bonds is 2. The van der Waals surface area contributed by atoms with Crippen LogP contribution in [0.15, 0.2) is 23.1 Å². The lowest BCUT2D eigenvalue weighted by Gasteiger charge is -2.08. The monoisotopic (exact) mass is 215 g/mol. The highest BCUT2D eigenvalue weighted by Gasteiger charge is 2.12. The summed E-state index contributed by atoms with van der Waals surface area (Å²) in [5.41, 5.74) is 6.33. The van der Waals surface area contributed by atoms with Crippen molar-refractivity contribution < 1.29 is 13.5 Å². The van der Waals surface area contributed by atoms with Crippen LogP contribution in [-0.4, -0.2) is 19.8 Å². The first-order valence-corrected chi connectivity index (χ1v) is 5.99. The van der Waals surface area contributed by atoms with Gasteiger partial charge in [0.05, 0.1) is 16.7 Å². The van der Waals surface area contributed by atoms with E-state index in [2.05, 4.69) is 0 Å². The molecular weight excluding hydrogens is 202 g/mol. The van der Waals surface area contributed by atoms with Gasteiger partial charge in [-0.1, -0.05) is 6.07 Å². The van der Waals surface area contributed by atoms with Gasteiger partial charge in [-0.05, 0) is 24.6 Å². The average molecular weight is 215 g/mol. The summed E-state index contributed by atoms with van der Waals surface area (Å²) in [6.07, 6.45) is 0.451. The molecule has 3 N–H and O–H groups in total.